The van der Waals surface area contributed by atoms with Crippen molar-refractivity contribution in [3.8, 4) is 0 Å². The van der Waals surface area contributed by atoms with Gasteiger partial charge in [-0.1, -0.05) is 12.1 Å². The molecule has 0 bridgehead atoms. The number of carbonyl (C=O) groups excluding carboxylic acids is 1. The van der Waals surface area contributed by atoms with E-state index >= 15 is 0 Å². The number of halogens is 3. The van der Waals surface area contributed by atoms with Crippen LogP contribution in [0.5, 0.6) is 0 Å². The highest BCUT2D eigenvalue weighted by molar-refractivity contribution is 5.89. The minimum atomic E-state index is -4.40. The van der Waals surface area contributed by atoms with E-state index in [2.05, 4.69) is 5.32 Å². The van der Waals surface area contributed by atoms with E-state index in [4.69, 9.17) is 5.73 Å². The maximum Gasteiger partial charge on any atom is 0.416 e. The first-order valence-electron chi connectivity index (χ1n) is 7.85. The molecule has 3 rings (SSSR count). The van der Waals surface area contributed by atoms with Crippen LogP contribution in [-0.4, -0.2) is 17.5 Å². The van der Waals surface area contributed by atoms with Crippen molar-refractivity contribution in [3.05, 3.63) is 58.7 Å². The summed E-state index contributed by atoms with van der Waals surface area (Å²) in [7, 11) is 0. The second-order valence-electron chi connectivity index (χ2n) is 6.11. The van der Waals surface area contributed by atoms with Crippen molar-refractivity contribution in [1.29, 1.82) is 0 Å². The third kappa shape index (κ3) is 3.55. The second-order valence-corrected chi connectivity index (χ2v) is 6.11. The van der Waals surface area contributed by atoms with Gasteiger partial charge in [0.2, 0.25) is 0 Å². The highest BCUT2D eigenvalue weighted by Gasteiger charge is 2.32. The third-order valence-electron chi connectivity index (χ3n) is 4.37. The lowest BCUT2D eigenvalue weighted by molar-refractivity contribution is -0.138. The Labute approximate surface area is 143 Å². The van der Waals surface area contributed by atoms with Gasteiger partial charge in [-0.05, 0) is 54.3 Å². The number of nitrogens with one attached hydrogen (secondary N) is 1. The maximum atomic E-state index is 12.8. The molecule has 0 aliphatic carbocycles. The first-order valence-corrected chi connectivity index (χ1v) is 7.85. The smallest absolute Gasteiger partial charge is 0.398 e. The van der Waals surface area contributed by atoms with E-state index in [1.54, 1.807) is 4.90 Å². The van der Waals surface area contributed by atoms with Gasteiger partial charge < -0.3 is 16.0 Å². The minimum Gasteiger partial charge on any atom is -0.398 e. The molecule has 132 valence electrons. The standard InChI is InChI=1S/C18H18F3N3O/c1-11-9-13(5-6-15(11)18(19,20)21)23-17(25)24-8-7-14-12(10-24)3-2-4-16(14)22/h2-6,9H,7-8,10,22H2,1H3,(H,23,25). The molecule has 3 N–H and O–H groups in total. The SMILES string of the molecule is Cc1cc(NC(=O)N2CCc3c(N)cccc3C2)ccc1C(F)(F)F. The number of fused-ring (bicyclic) bond motifs is 1. The van der Waals surface area contributed by atoms with Crippen LogP contribution in [0.4, 0.5) is 29.3 Å². The molecule has 7 heteroatoms. The number of alkyl halides is 3. The van der Waals surface area contributed by atoms with Crippen molar-refractivity contribution in [2.45, 2.75) is 26.1 Å². The molecule has 0 fully saturated rings. The summed E-state index contributed by atoms with van der Waals surface area (Å²) in [6, 6.07) is 8.84. The Kier molecular flexibility index (Phi) is 4.32. The number of aryl methyl sites for hydroxylation is 1. The largest absolute Gasteiger partial charge is 0.416 e. The average molecular weight is 349 g/mol. The normalized spacial score (nSPS) is 14.2. The average Bonchev–Trinajstić information content (AvgIpc) is 2.53. The molecule has 25 heavy (non-hydrogen) atoms. The number of benzene rings is 2. The van der Waals surface area contributed by atoms with Gasteiger partial charge in [0.1, 0.15) is 0 Å². The number of nitrogen functional groups attached to an aromatic ring is 1. The van der Waals surface area contributed by atoms with Crippen molar-refractivity contribution in [2.75, 3.05) is 17.6 Å². The van der Waals surface area contributed by atoms with Gasteiger partial charge in [0, 0.05) is 24.5 Å². The minimum absolute atomic E-state index is 0.0714. The third-order valence-corrected chi connectivity index (χ3v) is 4.37. The van der Waals surface area contributed by atoms with Gasteiger partial charge in [-0.25, -0.2) is 4.79 Å². The predicted octanol–water partition coefficient (Wildman–Crippen LogP) is 4.19. The van der Waals surface area contributed by atoms with Crippen molar-refractivity contribution < 1.29 is 18.0 Å². The Balaban J connectivity index is 1.72. The van der Waals surface area contributed by atoms with Gasteiger partial charge in [-0.2, -0.15) is 13.2 Å². The molecule has 2 amide bonds. The molecule has 0 saturated carbocycles. The van der Waals surface area contributed by atoms with Crippen LogP contribution in [0.1, 0.15) is 22.3 Å². The van der Waals surface area contributed by atoms with Crippen molar-refractivity contribution in [2.24, 2.45) is 0 Å². The van der Waals surface area contributed by atoms with E-state index < -0.39 is 11.7 Å². The number of rotatable bonds is 1. The highest BCUT2D eigenvalue weighted by Crippen LogP contribution is 2.33. The van der Waals surface area contributed by atoms with E-state index in [1.807, 2.05) is 18.2 Å². The highest BCUT2D eigenvalue weighted by atomic mass is 19.4. The number of nitrogens with zero attached hydrogens (tertiary/aromatic N) is 1. The van der Waals surface area contributed by atoms with Gasteiger partial charge >= 0.3 is 12.2 Å². The molecule has 0 radical (unpaired) electrons. The maximum absolute atomic E-state index is 12.8. The zero-order valence-corrected chi connectivity index (χ0v) is 13.7. The van der Waals surface area contributed by atoms with Crippen LogP contribution in [0.25, 0.3) is 0 Å². The van der Waals surface area contributed by atoms with Crippen LogP contribution in [0.3, 0.4) is 0 Å². The van der Waals surface area contributed by atoms with Crippen molar-refractivity contribution in [3.63, 3.8) is 0 Å². The summed E-state index contributed by atoms with van der Waals surface area (Å²) in [5.41, 5.74) is 8.42. The summed E-state index contributed by atoms with van der Waals surface area (Å²) in [6.07, 6.45) is -3.75. The van der Waals surface area contributed by atoms with Gasteiger partial charge in [0.25, 0.3) is 0 Å². The van der Waals surface area contributed by atoms with Crippen LogP contribution in [0.15, 0.2) is 36.4 Å². The van der Waals surface area contributed by atoms with Crippen LogP contribution in [0.2, 0.25) is 0 Å². The van der Waals surface area contributed by atoms with E-state index in [1.165, 1.54) is 19.1 Å². The molecule has 0 unspecified atom stereocenters. The first-order chi connectivity index (χ1) is 11.8. The molecule has 0 atom stereocenters. The molecule has 1 aliphatic rings. The lowest BCUT2D eigenvalue weighted by Gasteiger charge is -2.29. The Hall–Kier alpha value is -2.70. The lowest BCUT2D eigenvalue weighted by Crippen LogP contribution is -2.39. The summed E-state index contributed by atoms with van der Waals surface area (Å²) in [6.45, 7) is 2.30. The van der Waals surface area contributed by atoms with Gasteiger partial charge in [0.15, 0.2) is 0 Å². The van der Waals surface area contributed by atoms with Crippen LogP contribution in [0, 0.1) is 6.92 Å². The van der Waals surface area contributed by atoms with E-state index in [9.17, 15) is 18.0 Å². The fourth-order valence-electron chi connectivity index (χ4n) is 3.07. The summed E-state index contributed by atoms with van der Waals surface area (Å²) in [4.78, 5) is 14.0. The number of hydrogen-bond donors (Lipinski definition) is 2. The lowest BCUT2D eigenvalue weighted by atomic mass is 9.98. The Morgan fingerprint density at radius 1 is 1.24 bits per heavy atom. The number of hydrogen-bond acceptors (Lipinski definition) is 2. The van der Waals surface area contributed by atoms with Gasteiger partial charge in [-0.15, -0.1) is 0 Å². The first kappa shape index (κ1) is 17.1. The number of urea groups is 1. The summed E-state index contributed by atoms with van der Waals surface area (Å²) < 4.78 is 38.4. The molecule has 0 aromatic heterocycles. The summed E-state index contributed by atoms with van der Waals surface area (Å²) in [5.74, 6) is 0. The second kappa shape index (κ2) is 6.31. The topological polar surface area (TPSA) is 58.4 Å². The zero-order chi connectivity index (χ0) is 18.2. The Morgan fingerprint density at radius 2 is 2.00 bits per heavy atom. The van der Waals surface area contributed by atoms with Crippen LogP contribution >= 0.6 is 0 Å². The molecule has 1 aliphatic heterocycles. The Bertz CT molecular complexity index is 818. The molecule has 1 heterocycles. The molecule has 0 saturated heterocycles. The molecule has 2 aromatic rings. The molecular weight excluding hydrogens is 331 g/mol. The number of amides is 2. The monoisotopic (exact) mass is 349 g/mol. The number of carbonyl (C=O) groups is 1. The van der Waals surface area contributed by atoms with Crippen molar-refractivity contribution in [1.82, 2.24) is 4.90 Å². The Morgan fingerprint density at radius 3 is 2.68 bits per heavy atom. The quantitative estimate of drug-likeness (QED) is 0.759. The zero-order valence-electron chi connectivity index (χ0n) is 13.7. The molecule has 0 spiro atoms. The van der Waals surface area contributed by atoms with Gasteiger partial charge in [0.05, 0.1) is 5.56 Å². The van der Waals surface area contributed by atoms with E-state index in [0.29, 0.717) is 25.2 Å². The van der Waals surface area contributed by atoms with E-state index in [-0.39, 0.29) is 11.6 Å². The van der Waals surface area contributed by atoms with Crippen molar-refractivity contribution >= 4 is 17.4 Å². The molecule has 4 nitrogen and oxygen atoms in total. The predicted molar refractivity (Wildman–Crippen MR) is 90.2 cm³/mol. The van der Waals surface area contributed by atoms with Gasteiger partial charge in [-0.3, -0.25) is 0 Å². The fraction of sp³-hybridized carbons (Fsp3) is 0.278. The number of nitrogens with two attached hydrogens (primary N) is 1. The fourth-order valence-corrected chi connectivity index (χ4v) is 3.07. The van der Waals surface area contributed by atoms with E-state index in [0.717, 1.165) is 22.9 Å². The van der Waals surface area contributed by atoms with Crippen LogP contribution in [-0.2, 0) is 19.1 Å². The summed E-state index contributed by atoms with van der Waals surface area (Å²) in [5, 5.41) is 2.66. The summed E-state index contributed by atoms with van der Waals surface area (Å²) >= 11 is 0. The van der Waals surface area contributed by atoms with Crippen LogP contribution < -0.4 is 11.1 Å². The molecular formula is C18H18F3N3O. The number of anilines is 2. The molecule has 2 aromatic carbocycles.